The van der Waals surface area contributed by atoms with Gasteiger partial charge in [-0.3, -0.25) is 9.69 Å². The number of hydrogen-bond donors (Lipinski definition) is 1. The molecule has 7 nitrogen and oxygen atoms in total. The first kappa shape index (κ1) is 22.0. The molecule has 4 rings (SSSR count). The van der Waals surface area contributed by atoms with Gasteiger partial charge in [0.05, 0.1) is 19.8 Å². The van der Waals surface area contributed by atoms with Crippen LogP contribution in [0, 0.1) is 0 Å². The summed E-state index contributed by atoms with van der Waals surface area (Å²) in [6, 6.07) is 13.8. The molecule has 0 radical (unpaired) electrons. The second kappa shape index (κ2) is 10.4. The molecule has 170 valence electrons. The Hall–Kier alpha value is -3.19. The molecule has 2 aliphatic heterocycles. The van der Waals surface area contributed by atoms with E-state index in [0.717, 1.165) is 62.0 Å². The van der Waals surface area contributed by atoms with Crippen molar-refractivity contribution in [3.05, 3.63) is 53.6 Å². The monoisotopic (exact) mass is 437 g/mol. The molecule has 1 amide bonds. The number of anilines is 1. The number of carbonyl (C=O) groups is 1. The molecule has 2 aliphatic rings. The molecule has 1 fully saturated rings. The molecule has 0 unspecified atom stereocenters. The number of ether oxygens (including phenoxy) is 3. The number of methoxy groups -OCH3 is 2. The van der Waals surface area contributed by atoms with Crippen molar-refractivity contribution in [1.82, 2.24) is 10.2 Å². The first-order valence-electron chi connectivity index (χ1n) is 11.1. The van der Waals surface area contributed by atoms with Gasteiger partial charge in [0, 0.05) is 44.0 Å². The van der Waals surface area contributed by atoms with Crippen molar-refractivity contribution in [2.75, 3.05) is 65.0 Å². The minimum absolute atomic E-state index is 0.0669. The normalized spacial score (nSPS) is 15.9. The molecule has 1 N–H and O–H groups in total. The van der Waals surface area contributed by atoms with Crippen LogP contribution < -0.4 is 24.4 Å². The number of carbonyl (C=O) groups excluding carboxylic acids is 1. The summed E-state index contributed by atoms with van der Waals surface area (Å²) in [4.78, 5) is 17.4. The summed E-state index contributed by atoms with van der Waals surface area (Å²) in [6.45, 7) is 5.98. The summed E-state index contributed by atoms with van der Waals surface area (Å²) in [5.74, 6) is 2.34. The molecule has 0 atom stereocenters. The van der Waals surface area contributed by atoms with Crippen molar-refractivity contribution in [3.8, 4) is 17.2 Å². The van der Waals surface area contributed by atoms with E-state index in [2.05, 4.69) is 27.2 Å². The Morgan fingerprint density at radius 2 is 1.72 bits per heavy atom. The number of amides is 1. The number of fused-ring (bicyclic) bond motifs is 1. The van der Waals surface area contributed by atoms with E-state index in [9.17, 15) is 4.79 Å². The van der Waals surface area contributed by atoms with Gasteiger partial charge in [-0.2, -0.15) is 0 Å². The maximum Gasteiger partial charge on any atom is 0.250 e. The van der Waals surface area contributed by atoms with Crippen molar-refractivity contribution < 1.29 is 19.0 Å². The van der Waals surface area contributed by atoms with Gasteiger partial charge in [-0.1, -0.05) is 0 Å². The number of nitrogens with one attached hydrogen (secondary N) is 1. The average Bonchev–Trinajstić information content (AvgIpc) is 2.86. The van der Waals surface area contributed by atoms with E-state index >= 15 is 0 Å². The van der Waals surface area contributed by atoms with Crippen molar-refractivity contribution in [2.24, 2.45) is 0 Å². The highest BCUT2D eigenvalue weighted by Gasteiger charge is 2.19. The van der Waals surface area contributed by atoms with Crippen LogP contribution in [0.25, 0.3) is 6.08 Å². The van der Waals surface area contributed by atoms with Crippen molar-refractivity contribution >= 4 is 17.7 Å². The topological polar surface area (TPSA) is 63.3 Å². The van der Waals surface area contributed by atoms with Gasteiger partial charge < -0.3 is 24.4 Å². The Kier molecular flexibility index (Phi) is 7.17. The molecule has 0 saturated carbocycles. The highest BCUT2D eigenvalue weighted by Crippen LogP contribution is 2.30. The lowest BCUT2D eigenvalue weighted by atomic mass is 10.1. The Bertz CT molecular complexity index is 950. The van der Waals surface area contributed by atoms with Gasteiger partial charge >= 0.3 is 0 Å². The molecule has 32 heavy (non-hydrogen) atoms. The Labute approximate surface area is 189 Å². The first-order valence-corrected chi connectivity index (χ1v) is 11.1. The highest BCUT2D eigenvalue weighted by atomic mass is 16.5. The summed E-state index contributed by atoms with van der Waals surface area (Å²) in [5, 5.41) is 3.03. The standard InChI is InChI=1S/C25H31N3O4/c1-30-22-6-4-21(5-7-22)28-14-12-27(13-15-28)11-3-10-26-25(29)20-16-19-17-23(31-2)8-9-24(19)32-18-20/h4-9,16-17H,3,10-15,18H2,1-2H3,(H,26,29). The van der Waals surface area contributed by atoms with Gasteiger partial charge in [0.15, 0.2) is 0 Å². The lowest BCUT2D eigenvalue weighted by Crippen LogP contribution is -2.47. The minimum Gasteiger partial charge on any atom is -0.497 e. The van der Waals surface area contributed by atoms with Crippen molar-refractivity contribution in [1.29, 1.82) is 0 Å². The second-order valence-corrected chi connectivity index (χ2v) is 8.00. The molecule has 2 heterocycles. The number of nitrogens with zero attached hydrogens (tertiary/aromatic N) is 2. The summed E-state index contributed by atoms with van der Waals surface area (Å²) in [7, 11) is 3.31. The van der Waals surface area contributed by atoms with Crippen LogP contribution in [0.4, 0.5) is 5.69 Å². The predicted octanol–water partition coefficient (Wildman–Crippen LogP) is 2.81. The summed E-state index contributed by atoms with van der Waals surface area (Å²) in [6.07, 6.45) is 2.81. The van der Waals surface area contributed by atoms with E-state index in [1.807, 2.05) is 36.4 Å². The van der Waals surface area contributed by atoms with Crippen LogP contribution in [0.1, 0.15) is 12.0 Å². The van der Waals surface area contributed by atoms with Crippen LogP contribution in [0.5, 0.6) is 17.2 Å². The Balaban J connectivity index is 1.18. The van der Waals surface area contributed by atoms with Gasteiger partial charge in [0.1, 0.15) is 23.9 Å². The summed E-state index contributed by atoms with van der Waals surface area (Å²) < 4.78 is 16.2. The zero-order valence-corrected chi connectivity index (χ0v) is 18.8. The smallest absolute Gasteiger partial charge is 0.250 e. The van der Waals surface area contributed by atoms with Crippen LogP contribution in [0.3, 0.4) is 0 Å². The molecule has 0 aromatic heterocycles. The van der Waals surface area contributed by atoms with Crippen molar-refractivity contribution in [2.45, 2.75) is 6.42 Å². The zero-order chi connectivity index (χ0) is 22.3. The Morgan fingerprint density at radius 3 is 2.44 bits per heavy atom. The van der Waals surface area contributed by atoms with Gasteiger partial charge in [0.2, 0.25) is 0 Å². The van der Waals surface area contributed by atoms with Crippen LogP contribution in [-0.4, -0.2) is 70.9 Å². The highest BCUT2D eigenvalue weighted by molar-refractivity contribution is 5.99. The molecule has 2 aromatic carbocycles. The average molecular weight is 438 g/mol. The lowest BCUT2D eigenvalue weighted by molar-refractivity contribution is -0.117. The third-order valence-electron chi connectivity index (χ3n) is 5.97. The molecule has 1 saturated heterocycles. The molecule has 2 aromatic rings. The molecule has 0 spiro atoms. The van der Waals surface area contributed by atoms with E-state index in [0.29, 0.717) is 18.7 Å². The van der Waals surface area contributed by atoms with Gasteiger partial charge in [-0.05, 0) is 61.5 Å². The van der Waals surface area contributed by atoms with E-state index in [-0.39, 0.29) is 5.91 Å². The number of rotatable bonds is 8. The lowest BCUT2D eigenvalue weighted by Gasteiger charge is -2.36. The minimum atomic E-state index is -0.0669. The maximum absolute atomic E-state index is 12.5. The largest absolute Gasteiger partial charge is 0.497 e. The number of hydrogen-bond acceptors (Lipinski definition) is 6. The fourth-order valence-corrected chi connectivity index (χ4v) is 4.05. The fraction of sp³-hybridized carbons (Fsp3) is 0.400. The van der Waals surface area contributed by atoms with Gasteiger partial charge in [-0.15, -0.1) is 0 Å². The van der Waals surface area contributed by atoms with E-state index in [4.69, 9.17) is 14.2 Å². The predicted molar refractivity (Wildman–Crippen MR) is 126 cm³/mol. The molecule has 0 aliphatic carbocycles. The SMILES string of the molecule is COc1ccc(N2CCN(CCCNC(=O)C3=Cc4cc(OC)ccc4OC3)CC2)cc1. The van der Waals surface area contributed by atoms with E-state index in [1.165, 1.54) is 5.69 Å². The third-order valence-corrected chi connectivity index (χ3v) is 5.97. The maximum atomic E-state index is 12.5. The van der Waals surface area contributed by atoms with Gasteiger partial charge in [0.25, 0.3) is 5.91 Å². The summed E-state index contributed by atoms with van der Waals surface area (Å²) in [5.41, 5.74) is 2.74. The second-order valence-electron chi connectivity index (χ2n) is 8.00. The van der Waals surface area contributed by atoms with Crippen LogP contribution in [0.2, 0.25) is 0 Å². The number of piperazine rings is 1. The van der Waals surface area contributed by atoms with Gasteiger partial charge in [-0.25, -0.2) is 0 Å². The summed E-state index contributed by atoms with van der Waals surface area (Å²) >= 11 is 0. The quantitative estimate of drug-likeness (QED) is 0.641. The molecular weight excluding hydrogens is 406 g/mol. The zero-order valence-electron chi connectivity index (χ0n) is 18.8. The van der Waals surface area contributed by atoms with Crippen LogP contribution in [0.15, 0.2) is 48.0 Å². The fourth-order valence-electron chi connectivity index (χ4n) is 4.05. The van der Waals surface area contributed by atoms with E-state index in [1.54, 1.807) is 14.2 Å². The third kappa shape index (κ3) is 5.34. The molecule has 0 bridgehead atoms. The number of benzene rings is 2. The van der Waals surface area contributed by atoms with Crippen LogP contribution >= 0.6 is 0 Å². The Morgan fingerprint density at radius 1 is 1.00 bits per heavy atom. The first-order chi connectivity index (χ1) is 15.7. The van der Waals surface area contributed by atoms with Crippen LogP contribution in [-0.2, 0) is 4.79 Å². The molecule has 7 heteroatoms. The van der Waals surface area contributed by atoms with Crippen molar-refractivity contribution in [3.63, 3.8) is 0 Å². The van der Waals surface area contributed by atoms with E-state index < -0.39 is 0 Å². The molecular formula is C25H31N3O4.